The molecular weight excluding hydrogens is 372 g/mol. The molecule has 2 heterocycles. The molecule has 7 heteroatoms. The molecule has 29 heavy (non-hydrogen) atoms. The Balaban J connectivity index is 1.78. The fourth-order valence-corrected chi connectivity index (χ4v) is 3.68. The third-order valence-corrected chi connectivity index (χ3v) is 5.25. The van der Waals surface area contributed by atoms with Gasteiger partial charge >= 0.3 is 0 Å². The van der Waals surface area contributed by atoms with Crippen molar-refractivity contribution in [2.24, 2.45) is 0 Å². The number of nitrogens with zero attached hydrogens (tertiary/aromatic N) is 1. The number of ether oxygens (including phenoxy) is 1. The smallest absolute Gasteiger partial charge is 0.227 e. The molecule has 1 aromatic carbocycles. The molecule has 1 aromatic heterocycles. The summed E-state index contributed by atoms with van der Waals surface area (Å²) in [6, 6.07) is 8.41. The Morgan fingerprint density at radius 3 is 2.62 bits per heavy atom. The number of benzene rings is 1. The number of amides is 1. The minimum absolute atomic E-state index is 0.0618. The third-order valence-electron chi connectivity index (χ3n) is 5.25. The highest BCUT2D eigenvalue weighted by Crippen LogP contribution is 2.33. The highest BCUT2D eigenvalue weighted by Gasteiger charge is 2.26. The third kappa shape index (κ3) is 5.38. The van der Waals surface area contributed by atoms with Crippen molar-refractivity contribution in [3.8, 4) is 11.5 Å². The summed E-state index contributed by atoms with van der Waals surface area (Å²) in [7, 11) is 1.58. The average molecular weight is 400 g/mol. The zero-order valence-electron chi connectivity index (χ0n) is 16.9. The SMILES string of the molecule is COc1ccc(C(CC(=O)NCCN2CCCC2)c2oc(C)cc(=O)c2O)cc1. The van der Waals surface area contributed by atoms with E-state index in [1.54, 1.807) is 26.2 Å². The van der Waals surface area contributed by atoms with Crippen molar-refractivity contribution >= 4 is 5.91 Å². The molecule has 1 fully saturated rings. The van der Waals surface area contributed by atoms with Crippen molar-refractivity contribution in [2.75, 3.05) is 33.3 Å². The minimum Gasteiger partial charge on any atom is -0.502 e. The molecule has 1 aliphatic rings. The van der Waals surface area contributed by atoms with Gasteiger partial charge in [0.25, 0.3) is 0 Å². The Morgan fingerprint density at radius 2 is 1.97 bits per heavy atom. The van der Waals surface area contributed by atoms with Crippen LogP contribution in [0, 0.1) is 6.92 Å². The maximum absolute atomic E-state index is 12.6. The second kappa shape index (κ2) is 9.60. The molecule has 0 bridgehead atoms. The first-order valence-electron chi connectivity index (χ1n) is 9.94. The molecule has 1 atom stereocenters. The van der Waals surface area contributed by atoms with Crippen LogP contribution in [0.1, 0.15) is 42.3 Å². The predicted molar refractivity (Wildman–Crippen MR) is 110 cm³/mol. The Bertz CT molecular complexity index is 885. The number of aromatic hydroxyl groups is 1. The molecular formula is C22H28N2O5. The summed E-state index contributed by atoms with van der Waals surface area (Å²) < 4.78 is 10.9. The molecule has 0 saturated carbocycles. The number of hydrogen-bond donors (Lipinski definition) is 2. The number of hydrogen-bond acceptors (Lipinski definition) is 6. The number of carbonyl (C=O) groups is 1. The normalized spacial score (nSPS) is 15.2. The molecule has 2 aromatic rings. The average Bonchev–Trinajstić information content (AvgIpc) is 3.23. The first-order chi connectivity index (χ1) is 14.0. The van der Waals surface area contributed by atoms with E-state index in [-0.39, 0.29) is 18.1 Å². The van der Waals surface area contributed by atoms with E-state index in [0.717, 1.165) is 25.2 Å². The summed E-state index contributed by atoms with van der Waals surface area (Å²) in [6.07, 6.45) is 2.48. The van der Waals surface area contributed by atoms with Gasteiger partial charge in [0.1, 0.15) is 11.5 Å². The van der Waals surface area contributed by atoms with E-state index in [1.165, 1.54) is 18.9 Å². The lowest BCUT2D eigenvalue weighted by Crippen LogP contribution is -2.34. The number of nitrogens with one attached hydrogen (secondary N) is 1. The lowest BCUT2D eigenvalue weighted by Gasteiger charge is -2.19. The van der Waals surface area contributed by atoms with E-state index in [1.807, 2.05) is 12.1 Å². The van der Waals surface area contributed by atoms with Crippen molar-refractivity contribution in [2.45, 2.75) is 32.1 Å². The summed E-state index contributed by atoms with van der Waals surface area (Å²) >= 11 is 0. The lowest BCUT2D eigenvalue weighted by molar-refractivity contribution is -0.121. The zero-order chi connectivity index (χ0) is 20.8. The van der Waals surface area contributed by atoms with Crippen molar-refractivity contribution in [1.82, 2.24) is 10.2 Å². The maximum Gasteiger partial charge on any atom is 0.227 e. The Labute approximate surface area is 170 Å². The number of methoxy groups -OCH3 is 1. The summed E-state index contributed by atoms with van der Waals surface area (Å²) in [6.45, 7) is 5.19. The van der Waals surface area contributed by atoms with E-state index in [4.69, 9.17) is 9.15 Å². The van der Waals surface area contributed by atoms with E-state index in [9.17, 15) is 14.7 Å². The van der Waals surface area contributed by atoms with Gasteiger partial charge in [0.15, 0.2) is 5.76 Å². The molecule has 0 radical (unpaired) electrons. The maximum atomic E-state index is 12.6. The van der Waals surface area contributed by atoms with Gasteiger partial charge in [-0.15, -0.1) is 0 Å². The van der Waals surface area contributed by atoms with Crippen molar-refractivity contribution in [3.05, 3.63) is 57.6 Å². The van der Waals surface area contributed by atoms with Crippen LogP contribution in [-0.2, 0) is 4.79 Å². The summed E-state index contributed by atoms with van der Waals surface area (Å²) in [5.74, 6) is -0.0294. The van der Waals surface area contributed by atoms with Crippen molar-refractivity contribution < 1.29 is 19.1 Å². The number of likely N-dealkylation sites (tertiary alicyclic amines) is 1. The fourth-order valence-electron chi connectivity index (χ4n) is 3.68. The van der Waals surface area contributed by atoms with E-state index < -0.39 is 17.1 Å². The van der Waals surface area contributed by atoms with Gasteiger partial charge < -0.3 is 24.5 Å². The second-order valence-electron chi connectivity index (χ2n) is 7.36. The van der Waals surface area contributed by atoms with Gasteiger partial charge in [0, 0.05) is 25.6 Å². The van der Waals surface area contributed by atoms with Gasteiger partial charge in [0.2, 0.25) is 17.1 Å². The molecule has 0 spiro atoms. The van der Waals surface area contributed by atoms with E-state index in [0.29, 0.717) is 18.1 Å². The van der Waals surface area contributed by atoms with Crippen LogP contribution >= 0.6 is 0 Å². The van der Waals surface area contributed by atoms with Crippen LogP contribution in [0.5, 0.6) is 11.5 Å². The summed E-state index contributed by atoms with van der Waals surface area (Å²) in [5.41, 5.74) is 0.237. The predicted octanol–water partition coefficient (Wildman–Crippen LogP) is 2.40. The Morgan fingerprint density at radius 1 is 1.28 bits per heavy atom. The van der Waals surface area contributed by atoms with Gasteiger partial charge in [0.05, 0.1) is 13.0 Å². The topological polar surface area (TPSA) is 92.0 Å². The van der Waals surface area contributed by atoms with Crippen LogP contribution in [0.2, 0.25) is 0 Å². The number of carbonyl (C=O) groups excluding carboxylic acids is 1. The number of aryl methyl sites for hydroxylation is 1. The van der Waals surface area contributed by atoms with Crippen LogP contribution in [0.25, 0.3) is 0 Å². The van der Waals surface area contributed by atoms with Gasteiger partial charge in [-0.25, -0.2) is 0 Å². The molecule has 156 valence electrons. The number of rotatable bonds is 8. The van der Waals surface area contributed by atoms with E-state index >= 15 is 0 Å². The Hall–Kier alpha value is -2.80. The molecule has 1 saturated heterocycles. The lowest BCUT2D eigenvalue weighted by atomic mass is 9.91. The van der Waals surface area contributed by atoms with Gasteiger partial charge in [-0.1, -0.05) is 12.1 Å². The molecule has 1 aliphatic heterocycles. The quantitative estimate of drug-likeness (QED) is 0.707. The molecule has 7 nitrogen and oxygen atoms in total. The summed E-state index contributed by atoms with van der Waals surface area (Å²) in [4.78, 5) is 27.0. The Kier molecular flexibility index (Phi) is 6.93. The fraction of sp³-hybridized carbons (Fsp3) is 0.455. The largest absolute Gasteiger partial charge is 0.502 e. The van der Waals surface area contributed by atoms with Crippen LogP contribution in [0.15, 0.2) is 39.5 Å². The second-order valence-corrected chi connectivity index (χ2v) is 7.36. The first kappa shape index (κ1) is 20.9. The van der Waals surface area contributed by atoms with Gasteiger partial charge in [-0.2, -0.15) is 0 Å². The monoisotopic (exact) mass is 400 g/mol. The molecule has 0 aliphatic carbocycles. The molecule has 1 unspecified atom stereocenters. The molecule has 2 N–H and O–H groups in total. The standard InChI is InChI=1S/C22H28N2O5/c1-15-13-19(25)21(27)22(29-15)18(16-5-7-17(28-2)8-6-16)14-20(26)23-9-12-24-10-3-4-11-24/h5-8,13,18,27H,3-4,9-12,14H2,1-2H3,(H,23,26). The van der Waals surface area contributed by atoms with Crippen LogP contribution in [-0.4, -0.2) is 49.2 Å². The van der Waals surface area contributed by atoms with Crippen LogP contribution < -0.4 is 15.5 Å². The van der Waals surface area contributed by atoms with Crippen LogP contribution in [0.3, 0.4) is 0 Å². The highest BCUT2D eigenvalue weighted by molar-refractivity contribution is 5.77. The highest BCUT2D eigenvalue weighted by atomic mass is 16.5. The van der Waals surface area contributed by atoms with Crippen LogP contribution in [0.4, 0.5) is 0 Å². The molecule has 3 rings (SSSR count). The first-order valence-corrected chi connectivity index (χ1v) is 9.94. The minimum atomic E-state index is -0.583. The zero-order valence-corrected chi connectivity index (χ0v) is 16.9. The van der Waals surface area contributed by atoms with Gasteiger partial charge in [-0.3, -0.25) is 9.59 Å². The summed E-state index contributed by atoms with van der Waals surface area (Å²) in [5, 5.41) is 13.3. The molecule has 1 amide bonds. The van der Waals surface area contributed by atoms with Crippen molar-refractivity contribution in [3.63, 3.8) is 0 Å². The van der Waals surface area contributed by atoms with Gasteiger partial charge in [-0.05, 0) is 50.6 Å². The van der Waals surface area contributed by atoms with E-state index in [2.05, 4.69) is 10.2 Å². The van der Waals surface area contributed by atoms with Crippen molar-refractivity contribution in [1.29, 1.82) is 0 Å².